The van der Waals surface area contributed by atoms with Crippen molar-refractivity contribution in [3.05, 3.63) is 21.9 Å². The Bertz CT molecular complexity index is 696. The van der Waals surface area contributed by atoms with Gasteiger partial charge in [-0.25, -0.2) is 0 Å². The van der Waals surface area contributed by atoms with Crippen LogP contribution in [0, 0.1) is 17.8 Å². The Morgan fingerprint density at radius 1 is 1.25 bits per heavy atom. The molecule has 1 aliphatic rings. The summed E-state index contributed by atoms with van der Waals surface area (Å²) in [6, 6.07) is 4.18. The molecule has 4 N–H and O–H groups in total. The van der Waals surface area contributed by atoms with Crippen molar-refractivity contribution in [2.75, 3.05) is 6.16 Å². The minimum Gasteiger partial charge on any atom is -0.325 e. The fourth-order valence-corrected chi connectivity index (χ4v) is 5.52. The summed E-state index contributed by atoms with van der Waals surface area (Å²) in [4.78, 5) is 20.5. The first kappa shape index (κ1) is 23.6. The van der Waals surface area contributed by atoms with E-state index in [1.807, 2.05) is 6.92 Å². The van der Waals surface area contributed by atoms with E-state index in [9.17, 15) is 4.57 Å². The maximum Gasteiger partial charge on any atom is 0.325 e. The Kier molecular flexibility index (Phi) is 9.74. The quantitative estimate of drug-likeness (QED) is 0.264. The summed E-state index contributed by atoms with van der Waals surface area (Å²) in [6.45, 7) is 1.98. The van der Waals surface area contributed by atoms with Crippen molar-refractivity contribution in [2.24, 2.45) is 11.7 Å². The molecule has 1 saturated carbocycles. The second-order valence-corrected chi connectivity index (χ2v) is 11.3. The van der Waals surface area contributed by atoms with Crippen molar-refractivity contribution in [3.8, 4) is 11.8 Å². The lowest BCUT2D eigenvalue weighted by Crippen LogP contribution is -2.40. The summed E-state index contributed by atoms with van der Waals surface area (Å²) in [5.41, 5.74) is 5.85. The fraction of sp³-hybridized carbons (Fsp3) is 0.727. The molecule has 1 aromatic rings. The van der Waals surface area contributed by atoms with Crippen LogP contribution in [0.25, 0.3) is 0 Å². The molecule has 0 aliphatic heterocycles. The Morgan fingerprint density at radius 2 is 2.00 bits per heavy atom. The maximum atomic E-state index is 11.1. The molecule has 0 amide bonds. The third-order valence-corrected chi connectivity index (χ3v) is 7.85. The molecule has 0 aromatic carbocycles. The minimum atomic E-state index is -3.99. The number of hydrogen-bond acceptors (Lipinski definition) is 3. The van der Waals surface area contributed by atoms with Crippen molar-refractivity contribution in [3.63, 3.8) is 0 Å². The fourth-order valence-electron chi connectivity index (χ4n) is 3.90. The van der Waals surface area contributed by atoms with Crippen LogP contribution in [-0.2, 0) is 11.0 Å². The van der Waals surface area contributed by atoms with Crippen LogP contribution in [0.1, 0.15) is 87.3 Å². The van der Waals surface area contributed by atoms with Crippen LogP contribution < -0.4 is 5.73 Å². The van der Waals surface area contributed by atoms with Gasteiger partial charge in [-0.3, -0.25) is 4.57 Å². The van der Waals surface area contributed by atoms with E-state index in [0.717, 1.165) is 30.1 Å². The van der Waals surface area contributed by atoms with E-state index in [1.165, 1.54) is 49.8 Å². The Labute approximate surface area is 174 Å². The van der Waals surface area contributed by atoms with Crippen molar-refractivity contribution >= 4 is 18.9 Å². The summed E-state index contributed by atoms with van der Waals surface area (Å²) in [6.07, 6.45) is 13.1. The first-order chi connectivity index (χ1) is 13.3. The molecule has 1 atom stereocenters. The molecule has 1 unspecified atom stereocenters. The van der Waals surface area contributed by atoms with Crippen LogP contribution in [0.15, 0.2) is 12.1 Å². The minimum absolute atomic E-state index is 0.140. The monoisotopic (exact) mass is 425 g/mol. The second kappa shape index (κ2) is 11.5. The first-order valence-electron chi connectivity index (χ1n) is 10.7. The molecule has 6 heteroatoms. The number of aryl methyl sites for hydroxylation is 1. The third kappa shape index (κ3) is 9.25. The lowest BCUT2D eigenvalue weighted by molar-refractivity contribution is 0.334. The van der Waals surface area contributed by atoms with E-state index in [4.69, 9.17) is 15.5 Å². The van der Waals surface area contributed by atoms with Gasteiger partial charge in [-0.2, -0.15) is 0 Å². The first-order valence-corrected chi connectivity index (χ1v) is 13.3. The van der Waals surface area contributed by atoms with Crippen LogP contribution in [-0.4, -0.2) is 21.5 Å². The number of hydrogen-bond donors (Lipinski definition) is 3. The van der Waals surface area contributed by atoms with Gasteiger partial charge >= 0.3 is 7.60 Å². The molecule has 158 valence electrons. The number of nitrogens with two attached hydrogens (primary N) is 1. The molecule has 1 heterocycles. The van der Waals surface area contributed by atoms with Crippen LogP contribution >= 0.6 is 18.9 Å². The van der Waals surface area contributed by atoms with Gasteiger partial charge in [0.2, 0.25) is 0 Å². The Morgan fingerprint density at radius 3 is 2.68 bits per heavy atom. The maximum absolute atomic E-state index is 11.1. The summed E-state index contributed by atoms with van der Waals surface area (Å²) in [5, 5.41) is 0. The zero-order valence-electron chi connectivity index (χ0n) is 17.2. The molecule has 4 nitrogen and oxygen atoms in total. The molecule has 1 aromatic heterocycles. The van der Waals surface area contributed by atoms with Gasteiger partial charge in [0.1, 0.15) is 0 Å². The largest absolute Gasteiger partial charge is 0.325 e. The van der Waals surface area contributed by atoms with E-state index in [1.54, 1.807) is 11.3 Å². The van der Waals surface area contributed by atoms with Gasteiger partial charge < -0.3 is 15.5 Å². The highest BCUT2D eigenvalue weighted by atomic mass is 32.1. The van der Waals surface area contributed by atoms with Crippen LogP contribution in [0.4, 0.5) is 0 Å². The average molecular weight is 426 g/mol. The molecule has 28 heavy (non-hydrogen) atoms. The molecule has 1 aliphatic carbocycles. The number of rotatable bonds is 10. The number of thiophene rings is 1. The average Bonchev–Trinajstić information content (AvgIpc) is 3.13. The van der Waals surface area contributed by atoms with Gasteiger partial charge in [0.15, 0.2) is 0 Å². The predicted molar refractivity (Wildman–Crippen MR) is 119 cm³/mol. The molecule has 0 saturated heterocycles. The lowest BCUT2D eigenvalue weighted by Gasteiger charge is -2.28. The second-order valence-electron chi connectivity index (χ2n) is 8.32. The van der Waals surface area contributed by atoms with Gasteiger partial charge in [-0.1, -0.05) is 50.9 Å². The zero-order chi connectivity index (χ0) is 20.5. The van der Waals surface area contributed by atoms with Crippen LogP contribution in [0.2, 0.25) is 0 Å². The van der Waals surface area contributed by atoms with Gasteiger partial charge in [0.05, 0.1) is 11.0 Å². The molecule has 1 fully saturated rings. The highest BCUT2D eigenvalue weighted by molar-refractivity contribution is 7.51. The van der Waals surface area contributed by atoms with Crippen molar-refractivity contribution in [1.29, 1.82) is 0 Å². The van der Waals surface area contributed by atoms with Gasteiger partial charge in [0, 0.05) is 16.8 Å². The summed E-state index contributed by atoms with van der Waals surface area (Å²) < 4.78 is 11.1. The standard InChI is InChI=1S/C22H36NO3PS/c1-2-22(23,17-18-27(24,25)26)16-15-21-14-13-20(28-21)12-8-4-7-11-19-9-5-3-6-10-19/h13-14,19H,2-7,9-11,15-18,23H2,1H3,(H2,24,25,26). The predicted octanol–water partition coefficient (Wildman–Crippen LogP) is 5.46. The van der Waals surface area contributed by atoms with Crippen LogP contribution in [0.5, 0.6) is 0 Å². The van der Waals surface area contributed by atoms with Crippen LogP contribution in [0.3, 0.4) is 0 Å². The Hall–Kier alpha value is -0.630. The molecule has 2 rings (SSSR count). The normalized spacial score (nSPS) is 17.7. The Balaban J connectivity index is 1.73. The number of unbranched alkanes of at least 4 members (excludes halogenated alkanes) is 1. The van der Waals surface area contributed by atoms with Gasteiger partial charge in [-0.15, -0.1) is 11.3 Å². The van der Waals surface area contributed by atoms with E-state index in [0.29, 0.717) is 12.8 Å². The van der Waals surface area contributed by atoms with E-state index >= 15 is 0 Å². The van der Waals surface area contributed by atoms with E-state index in [-0.39, 0.29) is 6.16 Å². The zero-order valence-corrected chi connectivity index (χ0v) is 18.9. The summed E-state index contributed by atoms with van der Waals surface area (Å²) >= 11 is 1.71. The molecular formula is C22H36NO3PS. The summed E-state index contributed by atoms with van der Waals surface area (Å²) in [5.74, 6) is 7.55. The lowest BCUT2D eigenvalue weighted by atomic mass is 9.86. The van der Waals surface area contributed by atoms with Gasteiger partial charge in [-0.05, 0) is 56.6 Å². The van der Waals surface area contributed by atoms with Crippen molar-refractivity contribution in [1.82, 2.24) is 0 Å². The van der Waals surface area contributed by atoms with Gasteiger partial charge in [0.25, 0.3) is 0 Å². The SMILES string of the molecule is CCC(N)(CCc1ccc(C#CCCCC2CCCCC2)s1)CCP(=O)(O)O. The summed E-state index contributed by atoms with van der Waals surface area (Å²) in [7, 11) is -3.99. The highest BCUT2D eigenvalue weighted by Gasteiger charge is 2.26. The van der Waals surface area contributed by atoms with E-state index in [2.05, 4.69) is 24.0 Å². The highest BCUT2D eigenvalue weighted by Crippen LogP contribution is 2.38. The van der Waals surface area contributed by atoms with Crippen molar-refractivity contribution in [2.45, 2.75) is 89.5 Å². The van der Waals surface area contributed by atoms with E-state index < -0.39 is 13.1 Å². The smallest absolute Gasteiger partial charge is 0.325 e. The molecular weight excluding hydrogens is 389 g/mol. The molecule has 0 radical (unpaired) electrons. The van der Waals surface area contributed by atoms with Crippen molar-refractivity contribution < 1.29 is 14.4 Å². The molecule has 0 bridgehead atoms. The topological polar surface area (TPSA) is 83.6 Å². The molecule has 0 spiro atoms. The third-order valence-electron chi connectivity index (χ3n) is 5.99.